The van der Waals surface area contributed by atoms with E-state index in [4.69, 9.17) is 0 Å². The molecular weight excluding hydrogens is 535 g/mol. The summed E-state index contributed by atoms with van der Waals surface area (Å²) in [6.07, 6.45) is 4.52. The van der Waals surface area contributed by atoms with Crippen LogP contribution in [0.25, 0.3) is 0 Å². The number of amides is 2. The normalized spacial score (nSPS) is 10.9. The average Bonchev–Trinajstić information content (AvgIpc) is 3.64. The van der Waals surface area contributed by atoms with Gasteiger partial charge in [-0.1, -0.05) is 24.3 Å². The number of hydrogen-bond acceptors (Lipinski definition) is 7. The molecular formula is C26H18F2N4O2S3. The lowest BCUT2D eigenvalue weighted by Crippen LogP contribution is -2.10. The maximum atomic E-state index is 13.1. The summed E-state index contributed by atoms with van der Waals surface area (Å²) >= 11 is 3.74. The first-order valence-electron chi connectivity index (χ1n) is 11.0. The summed E-state index contributed by atoms with van der Waals surface area (Å²) in [4.78, 5) is 36.4. The average molecular weight is 553 g/mol. The Balaban J connectivity index is 1.16. The van der Waals surface area contributed by atoms with Gasteiger partial charge in [-0.25, -0.2) is 18.7 Å². The van der Waals surface area contributed by atoms with Crippen LogP contribution in [-0.2, 0) is 12.8 Å². The van der Waals surface area contributed by atoms with Gasteiger partial charge in [-0.15, -0.1) is 34.0 Å². The lowest BCUT2D eigenvalue weighted by Gasteiger charge is -2.00. The van der Waals surface area contributed by atoms with Crippen molar-refractivity contribution in [2.45, 2.75) is 12.8 Å². The molecule has 0 fully saturated rings. The third-order valence-electron chi connectivity index (χ3n) is 5.18. The molecule has 0 saturated carbocycles. The molecule has 0 radical (unpaired) electrons. The molecule has 186 valence electrons. The van der Waals surface area contributed by atoms with E-state index in [9.17, 15) is 18.4 Å². The van der Waals surface area contributed by atoms with Gasteiger partial charge in [0, 0.05) is 35.0 Å². The molecule has 0 bridgehead atoms. The molecule has 5 aromatic rings. The van der Waals surface area contributed by atoms with Crippen LogP contribution >= 0.6 is 34.0 Å². The molecule has 0 aliphatic carbocycles. The topological polar surface area (TPSA) is 84.0 Å². The Kier molecular flexibility index (Phi) is 7.45. The highest BCUT2D eigenvalue weighted by Crippen LogP contribution is 2.26. The van der Waals surface area contributed by atoms with E-state index < -0.39 is 0 Å². The Bertz CT molecular complexity index is 1430. The number of nitrogens with zero attached hydrogens (tertiary/aromatic N) is 2. The second-order valence-electron chi connectivity index (χ2n) is 7.94. The summed E-state index contributed by atoms with van der Waals surface area (Å²) in [6, 6.07) is 15.7. The fourth-order valence-electron chi connectivity index (χ4n) is 3.40. The van der Waals surface area contributed by atoms with Gasteiger partial charge < -0.3 is 0 Å². The number of benzene rings is 2. The molecule has 5 rings (SSSR count). The standard InChI is InChI=1S/C26H18F2N4O2S3/c27-17-5-1-15(2-6-17)11-19-13-29-25(35-19)31-23(33)21-9-10-22(37-21)24(34)32-26-30-14-20(36-26)12-16-3-7-18(28)8-4-16/h1-10,13-14H,11-12H2,(H,29,31,33)(H,30,32,34). The van der Waals surface area contributed by atoms with Crippen LogP contribution in [0.15, 0.2) is 73.1 Å². The lowest BCUT2D eigenvalue weighted by atomic mass is 10.1. The Morgan fingerprint density at radius 1 is 0.622 bits per heavy atom. The molecule has 0 spiro atoms. The smallest absolute Gasteiger partial charge is 0.267 e. The molecule has 2 N–H and O–H groups in total. The zero-order valence-corrected chi connectivity index (χ0v) is 21.5. The molecule has 3 aromatic heterocycles. The van der Waals surface area contributed by atoms with E-state index in [1.807, 2.05) is 0 Å². The zero-order chi connectivity index (χ0) is 25.8. The second-order valence-corrected chi connectivity index (χ2v) is 11.3. The molecule has 6 nitrogen and oxygen atoms in total. The maximum Gasteiger partial charge on any atom is 0.267 e. The molecule has 0 atom stereocenters. The van der Waals surface area contributed by atoms with Crippen molar-refractivity contribution in [3.8, 4) is 0 Å². The Labute approximate surface area is 222 Å². The van der Waals surface area contributed by atoms with E-state index in [2.05, 4.69) is 20.6 Å². The lowest BCUT2D eigenvalue weighted by molar-refractivity contribution is 0.102. The summed E-state index contributed by atoms with van der Waals surface area (Å²) in [6.45, 7) is 0. The molecule has 11 heteroatoms. The van der Waals surface area contributed by atoms with E-state index in [-0.39, 0.29) is 23.4 Å². The summed E-state index contributed by atoms with van der Waals surface area (Å²) in [5, 5.41) is 6.40. The largest absolute Gasteiger partial charge is 0.297 e. The van der Waals surface area contributed by atoms with Gasteiger partial charge >= 0.3 is 0 Å². The third-order valence-corrected chi connectivity index (χ3v) is 8.09. The first kappa shape index (κ1) is 24.9. The van der Waals surface area contributed by atoms with Crippen LogP contribution in [0.3, 0.4) is 0 Å². The highest BCUT2D eigenvalue weighted by atomic mass is 32.1. The van der Waals surface area contributed by atoms with Crippen molar-refractivity contribution in [3.63, 3.8) is 0 Å². The Hall–Kier alpha value is -3.80. The van der Waals surface area contributed by atoms with E-state index >= 15 is 0 Å². The number of thiophene rings is 1. The molecule has 0 aliphatic rings. The van der Waals surface area contributed by atoms with Crippen molar-refractivity contribution in [1.82, 2.24) is 9.97 Å². The van der Waals surface area contributed by atoms with Crippen LogP contribution < -0.4 is 10.6 Å². The van der Waals surface area contributed by atoms with E-state index in [1.165, 1.54) is 46.9 Å². The highest BCUT2D eigenvalue weighted by Gasteiger charge is 2.17. The quantitative estimate of drug-likeness (QED) is 0.226. The molecule has 0 unspecified atom stereocenters. The van der Waals surface area contributed by atoms with Gasteiger partial charge in [-0.3, -0.25) is 20.2 Å². The summed E-state index contributed by atoms with van der Waals surface area (Å²) in [7, 11) is 0. The number of hydrogen-bond donors (Lipinski definition) is 2. The third kappa shape index (κ3) is 6.50. The number of carbonyl (C=O) groups is 2. The van der Waals surface area contributed by atoms with Gasteiger partial charge in [0.05, 0.1) is 9.75 Å². The van der Waals surface area contributed by atoms with Gasteiger partial charge in [0.2, 0.25) is 0 Å². The van der Waals surface area contributed by atoms with E-state index in [0.29, 0.717) is 32.9 Å². The highest BCUT2D eigenvalue weighted by molar-refractivity contribution is 7.17. The van der Waals surface area contributed by atoms with E-state index in [1.54, 1.807) is 48.8 Å². The SMILES string of the molecule is O=C(Nc1ncc(Cc2ccc(F)cc2)s1)c1ccc(C(=O)Nc2ncc(Cc3ccc(F)cc3)s2)s1. The maximum absolute atomic E-state index is 13.1. The van der Waals surface area contributed by atoms with Crippen molar-refractivity contribution in [2.75, 3.05) is 10.6 Å². The number of rotatable bonds is 8. The fourth-order valence-corrected chi connectivity index (χ4v) is 5.88. The predicted molar refractivity (Wildman–Crippen MR) is 143 cm³/mol. The van der Waals surface area contributed by atoms with Gasteiger partial charge in [0.25, 0.3) is 11.8 Å². The predicted octanol–water partition coefficient (Wildman–Crippen LogP) is 6.63. The second kappa shape index (κ2) is 11.1. The number of carbonyl (C=O) groups excluding carboxylic acids is 2. The van der Waals surface area contributed by atoms with E-state index in [0.717, 1.165) is 32.2 Å². The first-order valence-corrected chi connectivity index (χ1v) is 13.5. The molecule has 2 aromatic carbocycles. The minimum Gasteiger partial charge on any atom is -0.297 e. The Morgan fingerprint density at radius 2 is 1.03 bits per heavy atom. The number of aromatic nitrogens is 2. The van der Waals surface area contributed by atoms with Crippen molar-refractivity contribution >= 4 is 56.1 Å². The van der Waals surface area contributed by atoms with Crippen LogP contribution in [0.4, 0.5) is 19.0 Å². The number of halogens is 2. The summed E-state index contributed by atoms with van der Waals surface area (Å²) in [5.74, 6) is -1.29. The van der Waals surface area contributed by atoms with Crippen LogP contribution in [0, 0.1) is 11.6 Å². The van der Waals surface area contributed by atoms with Crippen molar-refractivity contribution in [2.24, 2.45) is 0 Å². The van der Waals surface area contributed by atoms with Gasteiger partial charge in [-0.05, 0) is 47.5 Å². The monoisotopic (exact) mass is 552 g/mol. The van der Waals surface area contributed by atoms with Crippen LogP contribution in [-0.4, -0.2) is 21.8 Å². The number of nitrogens with one attached hydrogen (secondary N) is 2. The van der Waals surface area contributed by atoms with Crippen LogP contribution in [0.5, 0.6) is 0 Å². The molecule has 2 amide bonds. The summed E-state index contributed by atoms with van der Waals surface area (Å²) in [5.41, 5.74) is 1.89. The minimum absolute atomic E-state index is 0.289. The zero-order valence-electron chi connectivity index (χ0n) is 19.0. The van der Waals surface area contributed by atoms with Gasteiger partial charge in [0.1, 0.15) is 11.6 Å². The summed E-state index contributed by atoms with van der Waals surface area (Å²) < 4.78 is 26.2. The van der Waals surface area contributed by atoms with Crippen LogP contribution in [0.2, 0.25) is 0 Å². The van der Waals surface area contributed by atoms with Crippen LogP contribution in [0.1, 0.15) is 40.2 Å². The van der Waals surface area contributed by atoms with Crippen molar-refractivity contribution in [1.29, 1.82) is 0 Å². The molecule has 0 saturated heterocycles. The van der Waals surface area contributed by atoms with Gasteiger partial charge in [-0.2, -0.15) is 0 Å². The fraction of sp³-hybridized carbons (Fsp3) is 0.0769. The minimum atomic E-state index is -0.359. The number of thiazole rings is 2. The van der Waals surface area contributed by atoms with Crippen molar-refractivity contribution < 1.29 is 18.4 Å². The molecule has 37 heavy (non-hydrogen) atoms. The number of anilines is 2. The Morgan fingerprint density at radius 3 is 1.43 bits per heavy atom. The van der Waals surface area contributed by atoms with Crippen molar-refractivity contribution in [3.05, 3.63) is 115 Å². The first-order chi connectivity index (χ1) is 17.9. The molecule has 0 aliphatic heterocycles. The van der Waals surface area contributed by atoms with Gasteiger partial charge in [0.15, 0.2) is 10.3 Å². The molecule has 3 heterocycles.